The van der Waals surface area contributed by atoms with Crippen LogP contribution >= 0.6 is 12.4 Å². The van der Waals surface area contributed by atoms with Gasteiger partial charge in [0.2, 0.25) is 0 Å². The fourth-order valence-corrected chi connectivity index (χ4v) is 3.05. The number of halogens is 1. The number of nitrogens with one attached hydrogen (secondary N) is 1. The molecular weight excluding hydrogens is 280 g/mol. The summed E-state index contributed by atoms with van der Waals surface area (Å²) in [7, 11) is 2.07. The summed E-state index contributed by atoms with van der Waals surface area (Å²) in [6.45, 7) is 4.65. The van der Waals surface area contributed by atoms with Crippen molar-refractivity contribution in [3.05, 3.63) is 33.9 Å². The van der Waals surface area contributed by atoms with Crippen LogP contribution < -0.4 is 10.2 Å². The maximum atomic E-state index is 10.9. The Kier molecular flexibility index (Phi) is 4.47. The minimum absolute atomic E-state index is 0. The number of anilines is 1. The SMILES string of the molecule is CN1Cc2cc([N+](=O)[O-])ccc2N2CCNCC2C1.Cl. The van der Waals surface area contributed by atoms with Crippen LogP contribution in [0.5, 0.6) is 0 Å². The van der Waals surface area contributed by atoms with Crippen LogP contribution in [-0.4, -0.2) is 49.1 Å². The summed E-state index contributed by atoms with van der Waals surface area (Å²) in [4.78, 5) is 15.2. The Bertz CT molecular complexity index is 511. The van der Waals surface area contributed by atoms with Crippen LogP contribution in [-0.2, 0) is 6.54 Å². The van der Waals surface area contributed by atoms with E-state index in [1.54, 1.807) is 12.1 Å². The summed E-state index contributed by atoms with van der Waals surface area (Å²) >= 11 is 0. The minimum Gasteiger partial charge on any atom is -0.364 e. The molecule has 1 atom stereocenters. The number of piperazine rings is 1. The number of rotatable bonds is 1. The zero-order chi connectivity index (χ0) is 13.4. The fourth-order valence-electron chi connectivity index (χ4n) is 3.05. The quantitative estimate of drug-likeness (QED) is 0.624. The van der Waals surface area contributed by atoms with Crippen molar-refractivity contribution >= 4 is 23.8 Å². The molecule has 7 heteroatoms. The molecule has 0 aliphatic carbocycles. The molecule has 20 heavy (non-hydrogen) atoms. The fraction of sp³-hybridized carbons (Fsp3) is 0.538. The molecule has 6 nitrogen and oxygen atoms in total. The van der Waals surface area contributed by atoms with Gasteiger partial charge in [-0.15, -0.1) is 12.4 Å². The predicted molar refractivity (Wildman–Crippen MR) is 80.7 cm³/mol. The lowest BCUT2D eigenvalue weighted by molar-refractivity contribution is -0.384. The van der Waals surface area contributed by atoms with Crippen molar-refractivity contribution in [2.75, 3.05) is 38.1 Å². The molecule has 110 valence electrons. The number of nitro groups is 1. The van der Waals surface area contributed by atoms with Crippen molar-refractivity contribution in [1.29, 1.82) is 0 Å². The van der Waals surface area contributed by atoms with Crippen molar-refractivity contribution in [3.8, 4) is 0 Å². The Morgan fingerprint density at radius 3 is 3.00 bits per heavy atom. The molecule has 0 spiro atoms. The number of fused-ring (bicyclic) bond motifs is 3. The molecule has 0 aromatic heterocycles. The van der Waals surface area contributed by atoms with Crippen LogP contribution in [0.1, 0.15) is 5.56 Å². The Morgan fingerprint density at radius 1 is 1.45 bits per heavy atom. The largest absolute Gasteiger partial charge is 0.364 e. The number of benzene rings is 1. The van der Waals surface area contributed by atoms with Crippen molar-refractivity contribution in [2.24, 2.45) is 0 Å². The molecule has 2 heterocycles. The highest BCUT2D eigenvalue weighted by atomic mass is 35.5. The highest BCUT2D eigenvalue weighted by molar-refractivity contribution is 5.85. The van der Waals surface area contributed by atoms with E-state index in [1.165, 1.54) is 0 Å². The van der Waals surface area contributed by atoms with Gasteiger partial charge in [-0.05, 0) is 18.7 Å². The van der Waals surface area contributed by atoms with Crippen LogP contribution in [0, 0.1) is 10.1 Å². The molecule has 1 saturated heterocycles. The van der Waals surface area contributed by atoms with E-state index in [0.29, 0.717) is 6.04 Å². The van der Waals surface area contributed by atoms with Gasteiger partial charge >= 0.3 is 0 Å². The van der Waals surface area contributed by atoms with E-state index in [-0.39, 0.29) is 23.0 Å². The van der Waals surface area contributed by atoms with Gasteiger partial charge in [0.15, 0.2) is 0 Å². The van der Waals surface area contributed by atoms with E-state index in [9.17, 15) is 10.1 Å². The average molecular weight is 299 g/mol. The molecule has 1 aromatic rings. The smallest absolute Gasteiger partial charge is 0.269 e. The zero-order valence-electron chi connectivity index (χ0n) is 11.4. The first kappa shape index (κ1) is 15.0. The molecule has 3 rings (SSSR count). The molecule has 1 fully saturated rings. The summed E-state index contributed by atoms with van der Waals surface area (Å²) < 4.78 is 0. The third-order valence-electron chi connectivity index (χ3n) is 3.90. The van der Waals surface area contributed by atoms with Gasteiger partial charge in [-0.1, -0.05) is 0 Å². The van der Waals surface area contributed by atoms with E-state index in [0.717, 1.165) is 44.0 Å². The van der Waals surface area contributed by atoms with Gasteiger partial charge in [0, 0.05) is 50.5 Å². The van der Waals surface area contributed by atoms with Gasteiger partial charge < -0.3 is 10.2 Å². The van der Waals surface area contributed by atoms with Crippen LogP contribution in [0.25, 0.3) is 0 Å². The Morgan fingerprint density at radius 2 is 2.25 bits per heavy atom. The van der Waals surface area contributed by atoms with Crippen LogP contribution in [0.4, 0.5) is 11.4 Å². The lowest BCUT2D eigenvalue weighted by Gasteiger charge is -2.37. The number of hydrogen-bond donors (Lipinski definition) is 1. The highest BCUT2D eigenvalue weighted by Crippen LogP contribution is 2.31. The molecule has 0 radical (unpaired) electrons. The van der Waals surface area contributed by atoms with Crippen LogP contribution in [0.3, 0.4) is 0 Å². The first-order valence-corrected chi connectivity index (χ1v) is 6.58. The minimum atomic E-state index is -0.319. The van der Waals surface area contributed by atoms with Crippen molar-refractivity contribution < 1.29 is 4.92 Å². The summed E-state index contributed by atoms with van der Waals surface area (Å²) in [5.41, 5.74) is 2.39. The maximum Gasteiger partial charge on any atom is 0.269 e. The number of hydrogen-bond acceptors (Lipinski definition) is 5. The summed E-state index contributed by atoms with van der Waals surface area (Å²) in [5, 5.41) is 14.3. The third kappa shape index (κ3) is 2.72. The normalized spacial score (nSPS) is 22.2. The molecule has 1 unspecified atom stereocenters. The average Bonchev–Trinajstić information content (AvgIpc) is 2.53. The van der Waals surface area contributed by atoms with Crippen LogP contribution in [0.2, 0.25) is 0 Å². The molecule has 0 bridgehead atoms. The number of non-ortho nitro benzene ring substituents is 1. The summed E-state index contributed by atoms with van der Waals surface area (Å²) in [6.07, 6.45) is 0. The van der Waals surface area contributed by atoms with E-state index in [2.05, 4.69) is 22.2 Å². The van der Waals surface area contributed by atoms with Crippen molar-refractivity contribution in [1.82, 2.24) is 10.2 Å². The highest BCUT2D eigenvalue weighted by Gasteiger charge is 2.29. The lowest BCUT2D eigenvalue weighted by atomic mass is 10.1. The standard InChI is InChI=1S/C13H18N4O2.ClH/c1-15-8-10-6-11(17(18)19)2-3-13(10)16-5-4-14-7-12(16)9-15;/h2-3,6,12,14H,4-5,7-9H2,1H3;1H. The first-order valence-electron chi connectivity index (χ1n) is 6.58. The van der Waals surface area contributed by atoms with E-state index >= 15 is 0 Å². The van der Waals surface area contributed by atoms with E-state index in [1.807, 2.05) is 6.07 Å². The lowest BCUT2D eigenvalue weighted by Crippen LogP contribution is -2.54. The van der Waals surface area contributed by atoms with Gasteiger partial charge in [-0.25, -0.2) is 0 Å². The second kappa shape index (κ2) is 5.95. The Hall–Kier alpha value is -1.37. The Balaban J connectivity index is 0.00000147. The van der Waals surface area contributed by atoms with Crippen molar-refractivity contribution in [3.63, 3.8) is 0 Å². The second-order valence-corrected chi connectivity index (χ2v) is 5.32. The Labute approximate surface area is 124 Å². The predicted octanol–water partition coefficient (Wildman–Crippen LogP) is 1.24. The van der Waals surface area contributed by atoms with Gasteiger partial charge in [-0.2, -0.15) is 0 Å². The molecule has 2 aliphatic heterocycles. The molecular formula is C13H19ClN4O2. The topological polar surface area (TPSA) is 61.6 Å². The molecule has 0 saturated carbocycles. The van der Waals surface area contributed by atoms with Gasteiger partial charge in [0.25, 0.3) is 5.69 Å². The van der Waals surface area contributed by atoms with Gasteiger partial charge in [0.05, 0.1) is 11.0 Å². The maximum absolute atomic E-state index is 10.9. The molecule has 2 aliphatic rings. The van der Waals surface area contributed by atoms with Crippen molar-refractivity contribution in [2.45, 2.75) is 12.6 Å². The van der Waals surface area contributed by atoms with Crippen LogP contribution in [0.15, 0.2) is 18.2 Å². The number of nitro benzene ring substituents is 1. The summed E-state index contributed by atoms with van der Waals surface area (Å²) in [5.74, 6) is 0. The van der Waals surface area contributed by atoms with E-state index in [4.69, 9.17) is 0 Å². The first-order chi connectivity index (χ1) is 9.15. The molecule has 1 aromatic carbocycles. The van der Waals surface area contributed by atoms with E-state index < -0.39 is 0 Å². The third-order valence-corrected chi connectivity index (χ3v) is 3.90. The second-order valence-electron chi connectivity index (χ2n) is 5.32. The molecule has 1 N–H and O–H groups in total. The van der Waals surface area contributed by atoms with Gasteiger partial charge in [-0.3, -0.25) is 15.0 Å². The monoisotopic (exact) mass is 298 g/mol. The number of nitrogens with zero attached hydrogens (tertiary/aromatic N) is 3. The zero-order valence-corrected chi connectivity index (χ0v) is 12.2. The molecule has 0 amide bonds. The number of likely N-dealkylation sites (N-methyl/N-ethyl adjacent to an activating group) is 1. The van der Waals surface area contributed by atoms with Gasteiger partial charge in [0.1, 0.15) is 0 Å². The summed E-state index contributed by atoms with van der Waals surface area (Å²) in [6, 6.07) is 5.69.